The van der Waals surface area contributed by atoms with Gasteiger partial charge in [-0.05, 0) is 71.2 Å². The number of hydrogen-bond acceptors (Lipinski definition) is 4. The molecule has 1 aromatic carbocycles. The Bertz CT molecular complexity index is 1130. The molecule has 2 aromatic heterocycles. The molecule has 33 heavy (non-hydrogen) atoms. The van der Waals surface area contributed by atoms with Gasteiger partial charge >= 0.3 is 6.09 Å². The Morgan fingerprint density at radius 1 is 1.21 bits per heavy atom. The summed E-state index contributed by atoms with van der Waals surface area (Å²) in [6, 6.07) is 6.89. The third-order valence-corrected chi connectivity index (χ3v) is 6.42. The van der Waals surface area contributed by atoms with Gasteiger partial charge in [0.25, 0.3) is 5.82 Å². The van der Waals surface area contributed by atoms with Crippen molar-refractivity contribution in [2.24, 2.45) is 5.73 Å². The molecule has 2 N–H and O–H groups in total. The van der Waals surface area contributed by atoms with Crippen LogP contribution in [0.2, 0.25) is 0 Å². The first-order valence-electron chi connectivity index (χ1n) is 12.0. The van der Waals surface area contributed by atoms with E-state index in [1.807, 2.05) is 27.0 Å². The van der Waals surface area contributed by atoms with Crippen LogP contribution in [0.25, 0.3) is 22.2 Å². The highest BCUT2D eigenvalue weighted by molar-refractivity contribution is 5.80. The monoisotopic (exact) mass is 453 g/mol. The second kappa shape index (κ2) is 9.17. The molecule has 0 bridgehead atoms. The SMILES string of the molecule is CCn1c(CN)[n+](CC)c2ccc(-c3cnn(C4CCN(C(=O)OC(C)(C)C)CC4)c3)cc21. The third kappa shape index (κ3) is 4.62. The summed E-state index contributed by atoms with van der Waals surface area (Å²) in [5, 5.41) is 4.67. The maximum Gasteiger partial charge on any atom is 0.410 e. The summed E-state index contributed by atoms with van der Waals surface area (Å²) in [6.07, 6.45) is 5.59. The van der Waals surface area contributed by atoms with Crippen LogP contribution < -0.4 is 10.3 Å². The molecular formula is C25H37N6O2+. The summed E-state index contributed by atoms with van der Waals surface area (Å²) < 4.78 is 12.2. The van der Waals surface area contributed by atoms with Crippen molar-refractivity contribution in [1.82, 2.24) is 19.2 Å². The minimum absolute atomic E-state index is 0.226. The van der Waals surface area contributed by atoms with Gasteiger partial charge in [-0.2, -0.15) is 5.10 Å². The number of hydrogen-bond donors (Lipinski definition) is 1. The van der Waals surface area contributed by atoms with Gasteiger partial charge in [-0.25, -0.2) is 13.9 Å². The second-order valence-electron chi connectivity index (χ2n) is 9.72. The van der Waals surface area contributed by atoms with Crippen molar-refractivity contribution in [1.29, 1.82) is 0 Å². The van der Waals surface area contributed by atoms with Gasteiger partial charge in [-0.3, -0.25) is 4.68 Å². The van der Waals surface area contributed by atoms with E-state index in [1.165, 1.54) is 11.0 Å². The number of rotatable bonds is 5. The van der Waals surface area contributed by atoms with E-state index < -0.39 is 5.60 Å². The molecule has 1 aliphatic rings. The molecule has 3 aromatic rings. The van der Waals surface area contributed by atoms with Crippen LogP contribution in [0.4, 0.5) is 4.79 Å². The zero-order chi connectivity index (χ0) is 23.8. The molecule has 8 heteroatoms. The number of ether oxygens (including phenoxy) is 1. The number of imidazole rings is 1. The molecule has 8 nitrogen and oxygen atoms in total. The number of likely N-dealkylation sites (tertiary alicyclic amines) is 1. The van der Waals surface area contributed by atoms with E-state index in [1.54, 1.807) is 4.90 Å². The van der Waals surface area contributed by atoms with Crippen LogP contribution in [0.15, 0.2) is 30.6 Å². The van der Waals surface area contributed by atoms with Gasteiger partial charge in [-0.1, -0.05) is 0 Å². The molecule has 0 saturated carbocycles. The van der Waals surface area contributed by atoms with Crippen molar-refractivity contribution in [3.05, 3.63) is 36.4 Å². The number of nitrogens with zero attached hydrogens (tertiary/aromatic N) is 5. The number of fused-ring (bicyclic) bond motifs is 1. The van der Waals surface area contributed by atoms with E-state index in [0.29, 0.717) is 19.6 Å². The fourth-order valence-corrected chi connectivity index (χ4v) is 4.82. The lowest BCUT2D eigenvalue weighted by molar-refractivity contribution is -0.676. The quantitative estimate of drug-likeness (QED) is 0.595. The highest BCUT2D eigenvalue weighted by atomic mass is 16.6. The Kier molecular flexibility index (Phi) is 6.47. The van der Waals surface area contributed by atoms with E-state index in [9.17, 15) is 4.79 Å². The molecule has 0 radical (unpaired) electrons. The fraction of sp³-hybridized carbons (Fsp3) is 0.560. The van der Waals surface area contributed by atoms with E-state index in [2.05, 4.69) is 57.2 Å². The molecule has 178 valence electrons. The first-order chi connectivity index (χ1) is 15.8. The molecule has 1 aliphatic heterocycles. The van der Waals surface area contributed by atoms with E-state index in [0.717, 1.165) is 42.9 Å². The molecule has 3 heterocycles. The summed E-state index contributed by atoms with van der Waals surface area (Å²) in [5.74, 6) is 1.15. The van der Waals surface area contributed by atoms with Gasteiger partial charge in [0, 0.05) is 24.8 Å². The highest BCUT2D eigenvalue weighted by Crippen LogP contribution is 2.28. The van der Waals surface area contributed by atoms with Crippen LogP contribution in [0.1, 0.15) is 59.3 Å². The van der Waals surface area contributed by atoms with Gasteiger partial charge in [0.1, 0.15) is 5.60 Å². The van der Waals surface area contributed by atoms with Crippen LogP contribution >= 0.6 is 0 Å². The first kappa shape index (κ1) is 23.3. The average molecular weight is 454 g/mol. The summed E-state index contributed by atoms with van der Waals surface area (Å²) >= 11 is 0. The molecule has 1 amide bonds. The minimum atomic E-state index is -0.467. The molecule has 0 atom stereocenters. The molecule has 0 aliphatic carbocycles. The number of piperidine rings is 1. The van der Waals surface area contributed by atoms with Crippen molar-refractivity contribution in [3.63, 3.8) is 0 Å². The van der Waals surface area contributed by atoms with E-state index >= 15 is 0 Å². The zero-order valence-electron chi connectivity index (χ0n) is 20.5. The number of aryl methyl sites for hydroxylation is 2. The van der Waals surface area contributed by atoms with Gasteiger partial charge < -0.3 is 15.4 Å². The van der Waals surface area contributed by atoms with E-state index in [-0.39, 0.29) is 12.1 Å². The smallest absolute Gasteiger partial charge is 0.410 e. The van der Waals surface area contributed by atoms with Crippen LogP contribution in [0.3, 0.4) is 0 Å². The lowest BCUT2D eigenvalue weighted by atomic mass is 10.1. The van der Waals surface area contributed by atoms with Crippen LogP contribution in [0.5, 0.6) is 0 Å². The number of carbonyl (C=O) groups is 1. The van der Waals surface area contributed by atoms with Gasteiger partial charge in [0.2, 0.25) is 0 Å². The van der Waals surface area contributed by atoms with Crippen molar-refractivity contribution in [2.45, 2.75) is 78.7 Å². The molecule has 1 saturated heterocycles. The molecule has 1 fully saturated rings. The Labute approximate surface area is 195 Å². The number of benzene rings is 1. The second-order valence-corrected chi connectivity index (χ2v) is 9.72. The summed E-state index contributed by atoms with van der Waals surface area (Å²) in [6.45, 7) is 13.7. The van der Waals surface area contributed by atoms with Crippen LogP contribution in [-0.2, 0) is 24.4 Å². The Morgan fingerprint density at radius 3 is 2.55 bits per heavy atom. The summed E-state index contributed by atoms with van der Waals surface area (Å²) in [7, 11) is 0. The maximum atomic E-state index is 12.3. The maximum absolute atomic E-state index is 12.3. The Hall–Kier alpha value is -2.87. The average Bonchev–Trinajstić information content (AvgIpc) is 3.39. The molecule has 4 rings (SSSR count). The number of nitrogens with two attached hydrogens (primary N) is 1. The predicted octanol–water partition coefficient (Wildman–Crippen LogP) is 3.86. The highest BCUT2D eigenvalue weighted by Gasteiger charge is 2.28. The van der Waals surface area contributed by atoms with E-state index in [4.69, 9.17) is 10.5 Å². The van der Waals surface area contributed by atoms with Crippen molar-refractivity contribution >= 4 is 17.1 Å². The van der Waals surface area contributed by atoms with Gasteiger partial charge in [0.05, 0.1) is 31.9 Å². The first-order valence-corrected chi connectivity index (χ1v) is 12.0. The molecule has 0 spiro atoms. The number of aromatic nitrogens is 4. The van der Waals surface area contributed by atoms with Crippen molar-refractivity contribution in [2.75, 3.05) is 13.1 Å². The number of carbonyl (C=O) groups excluding carboxylic acids is 1. The lowest BCUT2D eigenvalue weighted by Crippen LogP contribution is -2.42. The van der Waals surface area contributed by atoms with Crippen molar-refractivity contribution in [3.8, 4) is 11.1 Å². The Balaban J connectivity index is 1.52. The molecular weight excluding hydrogens is 416 g/mol. The largest absolute Gasteiger partial charge is 0.444 e. The topological polar surface area (TPSA) is 82.2 Å². The minimum Gasteiger partial charge on any atom is -0.444 e. The lowest BCUT2D eigenvalue weighted by Gasteiger charge is -2.33. The standard InChI is InChI=1S/C25H37N6O2/c1-6-29-21-9-8-18(14-22(21)30(7-2)23(29)15-26)19-16-27-31(17-19)20-10-12-28(13-11-20)24(32)33-25(3,4)5/h8-9,14,16-17,20H,6-7,10-13,15,26H2,1-5H3/q+1. The van der Waals surface area contributed by atoms with Crippen molar-refractivity contribution < 1.29 is 14.1 Å². The summed E-state index contributed by atoms with van der Waals surface area (Å²) in [5.41, 5.74) is 10.3. The Morgan fingerprint density at radius 2 is 1.94 bits per heavy atom. The van der Waals surface area contributed by atoms with Crippen LogP contribution in [0, 0.1) is 0 Å². The van der Waals surface area contributed by atoms with Gasteiger partial charge in [-0.15, -0.1) is 0 Å². The fourth-order valence-electron chi connectivity index (χ4n) is 4.82. The number of amides is 1. The summed E-state index contributed by atoms with van der Waals surface area (Å²) in [4.78, 5) is 14.1. The molecule has 0 unspecified atom stereocenters. The van der Waals surface area contributed by atoms with Gasteiger partial charge in [0.15, 0.2) is 11.0 Å². The normalized spacial score (nSPS) is 15.4. The predicted molar refractivity (Wildman–Crippen MR) is 129 cm³/mol. The zero-order valence-corrected chi connectivity index (χ0v) is 20.5. The van der Waals surface area contributed by atoms with Crippen LogP contribution in [-0.4, -0.2) is 44.0 Å². The third-order valence-electron chi connectivity index (χ3n) is 6.42.